The van der Waals surface area contributed by atoms with Gasteiger partial charge in [0.05, 0.1) is 18.8 Å². The second kappa shape index (κ2) is 6.15. The minimum Gasteiger partial charge on any atom is -0.371 e. The van der Waals surface area contributed by atoms with Crippen LogP contribution in [-0.2, 0) is 4.74 Å². The van der Waals surface area contributed by atoms with Crippen molar-refractivity contribution in [2.45, 2.75) is 44.2 Å². The highest BCUT2D eigenvalue weighted by Crippen LogP contribution is 2.38. The van der Waals surface area contributed by atoms with Crippen molar-refractivity contribution in [3.05, 3.63) is 0 Å². The second-order valence-electron chi connectivity index (χ2n) is 5.44. The first-order valence-electron chi connectivity index (χ1n) is 6.83. The largest absolute Gasteiger partial charge is 0.371 e. The Kier molecular flexibility index (Phi) is 4.78. The van der Waals surface area contributed by atoms with Crippen LogP contribution in [0.1, 0.15) is 32.6 Å². The van der Waals surface area contributed by atoms with Crippen LogP contribution in [0.3, 0.4) is 0 Å². The number of thioether (sulfide) groups is 1. The van der Waals surface area contributed by atoms with Crippen molar-refractivity contribution in [1.82, 2.24) is 10.2 Å². The van der Waals surface area contributed by atoms with E-state index in [1.165, 1.54) is 6.42 Å². The van der Waals surface area contributed by atoms with Crippen molar-refractivity contribution in [2.24, 2.45) is 0 Å². The van der Waals surface area contributed by atoms with Gasteiger partial charge in [0.2, 0.25) is 0 Å². The molecule has 1 N–H and O–H groups in total. The lowest BCUT2D eigenvalue weighted by molar-refractivity contribution is -0.141. The lowest BCUT2D eigenvalue weighted by atomic mass is 9.79. The summed E-state index contributed by atoms with van der Waals surface area (Å²) in [5, 5.41) is 3.09. The first kappa shape index (κ1) is 14.0. The van der Waals surface area contributed by atoms with Crippen molar-refractivity contribution in [3.8, 4) is 0 Å². The molecule has 18 heavy (non-hydrogen) atoms. The molecule has 1 aliphatic heterocycles. The van der Waals surface area contributed by atoms with E-state index in [0.717, 1.165) is 38.1 Å². The summed E-state index contributed by atoms with van der Waals surface area (Å²) in [6, 6.07) is 0.336. The molecule has 2 rings (SSSR count). The van der Waals surface area contributed by atoms with Crippen molar-refractivity contribution in [2.75, 3.05) is 31.7 Å². The topological polar surface area (TPSA) is 41.6 Å². The number of morpholine rings is 1. The highest BCUT2D eigenvalue weighted by atomic mass is 32.2. The van der Waals surface area contributed by atoms with Crippen molar-refractivity contribution in [1.29, 1.82) is 0 Å². The molecule has 2 aliphatic rings. The highest BCUT2D eigenvalue weighted by Gasteiger charge is 2.43. The molecule has 0 aromatic rings. The molecule has 2 amide bonds. The summed E-state index contributed by atoms with van der Waals surface area (Å²) in [5.41, 5.74) is -0.00189. The summed E-state index contributed by atoms with van der Waals surface area (Å²) in [4.78, 5) is 14.1. The number of nitrogens with one attached hydrogen (secondary N) is 1. The van der Waals surface area contributed by atoms with Crippen LogP contribution in [0.4, 0.5) is 4.79 Å². The summed E-state index contributed by atoms with van der Waals surface area (Å²) in [7, 11) is 0. The van der Waals surface area contributed by atoms with Gasteiger partial charge in [-0.3, -0.25) is 0 Å². The third kappa shape index (κ3) is 3.32. The number of urea groups is 1. The zero-order valence-electron chi connectivity index (χ0n) is 11.4. The quantitative estimate of drug-likeness (QED) is 0.852. The SMILES string of the molecule is CSCCC(C)NC(=O)N1CCOC2(CCC2)C1. The average Bonchev–Trinajstić information content (AvgIpc) is 2.34. The van der Waals surface area contributed by atoms with E-state index < -0.39 is 0 Å². The van der Waals surface area contributed by atoms with Crippen LogP contribution in [0.25, 0.3) is 0 Å². The number of nitrogens with zero attached hydrogens (tertiary/aromatic N) is 1. The average molecular weight is 272 g/mol. The first-order valence-corrected chi connectivity index (χ1v) is 8.23. The van der Waals surface area contributed by atoms with Gasteiger partial charge in [0.25, 0.3) is 0 Å². The molecule has 0 aromatic carbocycles. The van der Waals surface area contributed by atoms with Gasteiger partial charge >= 0.3 is 6.03 Å². The summed E-state index contributed by atoms with van der Waals surface area (Å²) in [5.74, 6) is 1.09. The van der Waals surface area contributed by atoms with Gasteiger partial charge in [-0.25, -0.2) is 4.79 Å². The normalized spacial score (nSPS) is 23.6. The van der Waals surface area contributed by atoms with Crippen molar-refractivity contribution in [3.63, 3.8) is 0 Å². The van der Waals surface area contributed by atoms with E-state index in [1.54, 1.807) is 0 Å². The Labute approximate surface area is 114 Å². The fourth-order valence-electron chi connectivity index (χ4n) is 2.56. The van der Waals surface area contributed by atoms with E-state index in [2.05, 4.69) is 18.5 Å². The number of rotatable bonds is 4. The molecule has 104 valence electrons. The van der Waals surface area contributed by atoms with Crippen LogP contribution >= 0.6 is 11.8 Å². The Morgan fingerprint density at radius 2 is 2.33 bits per heavy atom. The molecular formula is C13H24N2O2S. The maximum atomic E-state index is 12.2. The molecule has 1 heterocycles. The van der Waals surface area contributed by atoms with Gasteiger partial charge in [-0.05, 0) is 44.6 Å². The molecule has 1 unspecified atom stereocenters. The minimum atomic E-state index is -0.00189. The van der Waals surface area contributed by atoms with Gasteiger partial charge in [-0.1, -0.05) is 0 Å². The van der Waals surface area contributed by atoms with Gasteiger partial charge in [0.1, 0.15) is 0 Å². The molecular weight excluding hydrogens is 248 g/mol. The molecule has 0 bridgehead atoms. The fraction of sp³-hybridized carbons (Fsp3) is 0.923. The predicted molar refractivity (Wildman–Crippen MR) is 75.1 cm³/mol. The van der Waals surface area contributed by atoms with Crippen LogP contribution < -0.4 is 5.32 Å². The molecule has 0 radical (unpaired) electrons. The zero-order valence-corrected chi connectivity index (χ0v) is 12.2. The Morgan fingerprint density at radius 3 is 2.94 bits per heavy atom. The molecule has 1 saturated heterocycles. The Balaban J connectivity index is 1.77. The van der Waals surface area contributed by atoms with E-state index in [1.807, 2.05) is 16.7 Å². The maximum Gasteiger partial charge on any atom is 0.317 e. The highest BCUT2D eigenvalue weighted by molar-refractivity contribution is 7.98. The monoisotopic (exact) mass is 272 g/mol. The summed E-state index contributed by atoms with van der Waals surface area (Å²) >= 11 is 1.82. The molecule has 1 aliphatic carbocycles. The van der Waals surface area contributed by atoms with E-state index in [-0.39, 0.29) is 17.7 Å². The number of ether oxygens (including phenoxy) is 1. The first-order chi connectivity index (χ1) is 8.65. The lowest BCUT2D eigenvalue weighted by Crippen LogP contribution is -2.59. The van der Waals surface area contributed by atoms with Crippen LogP contribution in [0.15, 0.2) is 0 Å². The molecule has 1 atom stereocenters. The predicted octanol–water partition coefficient (Wildman–Crippen LogP) is 2.09. The van der Waals surface area contributed by atoms with Crippen molar-refractivity contribution < 1.29 is 9.53 Å². The Hall–Kier alpha value is -0.420. The fourth-order valence-corrected chi connectivity index (χ4v) is 3.15. The zero-order chi connectivity index (χ0) is 13.0. The van der Waals surface area contributed by atoms with Crippen LogP contribution in [0.5, 0.6) is 0 Å². The third-order valence-corrected chi connectivity index (χ3v) is 4.57. The van der Waals surface area contributed by atoms with Crippen LogP contribution in [-0.4, -0.2) is 54.3 Å². The summed E-state index contributed by atoms with van der Waals surface area (Å²) in [6.45, 7) is 4.26. The standard InChI is InChI=1S/C13H24N2O2S/c1-11(4-9-18-2)14-12(16)15-7-8-17-13(10-15)5-3-6-13/h11H,3-10H2,1-2H3,(H,14,16). The van der Waals surface area contributed by atoms with Gasteiger partial charge in [-0.15, -0.1) is 0 Å². The van der Waals surface area contributed by atoms with E-state index in [0.29, 0.717) is 6.61 Å². The van der Waals surface area contributed by atoms with Gasteiger partial charge in [-0.2, -0.15) is 11.8 Å². The molecule has 2 fully saturated rings. The van der Waals surface area contributed by atoms with E-state index in [4.69, 9.17) is 4.74 Å². The van der Waals surface area contributed by atoms with E-state index >= 15 is 0 Å². The van der Waals surface area contributed by atoms with Gasteiger partial charge < -0.3 is 15.0 Å². The third-order valence-electron chi connectivity index (χ3n) is 3.93. The number of carbonyl (C=O) groups is 1. The number of hydrogen-bond acceptors (Lipinski definition) is 3. The van der Waals surface area contributed by atoms with Crippen molar-refractivity contribution >= 4 is 17.8 Å². The lowest BCUT2D eigenvalue weighted by Gasteiger charge is -2.48. The summed E-state index contributed by atoms with van der Waals surface area (Å²) in [6.07, 6.45) is 6.58. The second-order valence-corrected chi connectivity index (χ2v) is 6.42. The summed E-state index contributed by atoms with van der Waals surface area (Å²) < 4.78 is 5.83. The smallest absolute Gasteiger partial charge is 0.317 e. The Bertz CT molecular complexity index is 295. The molecule has 1 saturated carbocycles. The minimum absolute atomic E-state index is 0.00189. The van der Waals surface area contributed by atoms with Crippen LogP contribution in [0, 0.1) is 0 Å². The Morgan fingerprint density at radius 1 is 1.56 bits per heavy atom. The molecule has 4 nitrogen and oxygen atoms in total. The van der Waals surface area contributed by atoms with Crippen LogP contribution in [0.2, 0.25) is 0 Å². The number of amides is 2. The maximum absolute atomic E-state index is 12.2. The molecule has 5 heteroatoms. The van der Waals surface area contributed by atoms with E-state index in [9.17, 15) is 4.79 Å². The molecule has 1 spiro atoms. The van der Waals surface area contributed by atoms with Gasteiger partial charge in [0.15, 0.2) is 0 Å². The number of carbonyl (C=O) groups excluding carboxylic acids is 1. The molecule has 0 aromatic heterocycles. The number of hydrogen-bond donors (Lipinski definition) is 1. The van der Waals surface area contributed by atoms with Gasteiger partial charge in [0, 0.05) is 12.6 Å².